The van der Waals surface area contributed by atoms with E-state index in [0.717, 1.165) is 49.3 Å². The molecule has 4 heteroatoms. The fraction of sp³-hybridized carbons (Fsp3) is 0.450. The minimum absolute atomic E-state index is 0.132. The Morgan fingerprint density at radius 3 is 2.71 bits per heavy atom. The summed E-state index contributed by atoms with van der Waals surface area (Å²) in [6, 6.07) is 9.76. The summed E-state index contributed by atoms with van der Waals surface area (Å²) in [4.78, 5) is 12.9. The van der Waals surface area contributed by atoms with Crippen molar-refractivity contribution in [2.75, 3.05) is 26.8 Å². The highest BCUT2D eigenvalue weighted by Gasteiger charge is 2.44. The van der Waals surface area contributed by atoms with Crippen molar-refractivity contribution >= 4 is 5.78 Å². The van der Waals surface area contributed by atoms with Crippen molar-refractivity contribution in [2.45, 2.75) is 25.7 Å². The van der Waals surface area contributed by atoms with Crippen molar-refractivity contribution < 1.29 is 14.3 Å². The average molecular weight is 327 g/mol. The maximum absolute atomic E-state index is 12.9. The Balaban J connectivity index is 1.91. The second kappa shape index (κ2) is 7.77. The maximum Gasteiger partial charge on any atom is 0.170 e. The van der Waals surface area contributed by atoms with E-state index in [-0.39, 0.29) is 12.4 Å². The van der Waals surface area contributed by atoms with Crippen LogP contribution in [0.3, 0.4) is 0 Å². The number of allylic oxidation sites excluding steroid dienone is 3. The number of carbonyl (C=O) groups excluding carboxylic acids is 1. The van der Waals surface area contributed by atoms with Crippen LogP contribution in [0.1, 0.15) is 25.7 Å². The fourth-order valence-corrected chi connectivity index (χ4v) is 3.59. The quantitative estimate of drug-likeness (QED) is 0.871. The molecule has 1 heterocycles. The highest BCUT2D eigenvalue weighted by molar-refractivity contribution is 5.90. The maximum atomic E-state index is 12.9. The predicted octanol–water partition coefficient (Wildman–Crippen LogP) is 3.25. The van der Waals surface area contributed by atoms with E-state index in [1.165, 1.54) is 0 Å². The van der Waals surface area contributed by atoms with Gasteiger partial charge in [0.15, 0.2) is 5.78 Å². The molecule has 0 saturated carbocycles. The monoisotopic (exact) mass is 327 g/mol. The number of ketones is 1. The van der Waals surface area contributed by atoms with Crippen LogP contribution in [0.25, 0.3) is 0 Å². The predicted molar refractivity (Wildman–Crippen MR) is 93.9 cm³/mol. The lowest BCUT2D eigenvalue weighted by Crippen LogP contribution is -2.49. The van der Waals surface area contributed by atoms with Gasteiger partial charge in [0.25, 0.3) is 0 Å². The van der Waals surface area contributed by atoms with Crippen molar-refractivity contribution in [3.05, 3.63) is 53.8 Å². The summed E-state index contributed by atoms with van der Waals surface area (Å²) >= 11 is 0. The number of methoxy groups -OCH3 is 1. The summed E-state index contributed by atoms with van der Waals surface area (Å²) in [6.07, 6.45) is 7.99. The first-order valence-electron chi connectivity index (χ1n) is 8.63. The highest BCUT2D eigenvalue weighted by atomic mass is 16.5. The molecular weight excluding hydrogens is 302 g/mol. The van der Waals surface area contributed by atoms with E-state index in [1.807, 2.05) is 30.3 Å². The number of piperidine rings is 1. The zero-order chi connectivity index (χ0) is 16.8. The lowest BCUT2D eigenvalue weighted by atomic mass is 9.69. The first kappa shape index (κ1) is 16.9. The van der Waals surface area contributed by atoms with Crippen molar-refractivity contribution in [1.82, 2.24) is 5.32 Å². The Hall–Kier alpha value is -1.91. The SMILES string of the molecule is COCC(=O)[C@@]1(C2=CCCC=C2Oc2ccccc2)CCCNC1. The molecule has 0 radical (unpaired) electrons. The molecule has 1 aromatic carbocycles. The third kappa shape index (κ3) is 3.45. The zero-order valence-electron chi connectivity index (χ0n) is 14.2. The molecular formula is C20H25NO3. The van der Waals surface area contributed by atoms with Gasteiger partial charge in [-0.2, -0.15) is 0 Å². The fourth-order valence-electron chi connectivity index (χ4n) is 3.59. The van der Waals surface area contributed by atoms with Crippen LogP contribution in [0, 0.1) is 5.41 Å². The third-order valence-corrected chi connectivity index (χ3v) is 4.79. The van der Waals surface area contributed by atoms with Crippen LogP contribution in [0.5, 0.6) is 5.75 Å². The molecule has 1 aliphatic heterocycles. The number of Topliss-reactive ketones (excluding diaryl/α,β-unsaturated/α-hetero) is 1. The summed E-state index contributed by atoms with van der Waals surface area (Å²) < 4.78 is 11.3. The van der Waals surface area contributed by atoms with Gasteiger partial charge >= 0.3 is 0 Å². The van der Waals surface area contributed by atoms with E-state index >= 15 is 0 Å². The number of carbonyl (C=O) groups is 1. The van der Waals surface area contributed by atoms with Gasteiger partial charge in [-0.15, -0.1) is 0 Å². The molecule has 0 amide bonds. The molecule has 1 saturated heterocycles. The van der Waals surface area contributed by atoms with E-state index in [9.17, 15) is 4.79 Å². The number of hydrogen-bond donors (Lipinski definition) is 1. The van der Waals surface area contributed by atoms with Crippen LogP contribution >= 0.6 is 0 Å². The smallest absolute Gasteiger partial charge is 0.170 e. The van der Waals surface area contributed by atoms with Crippen LogP contribution in [0.2, 0.25) is 0 Å². The molecule has 0 aromatic heterocycles. The van der Waals surface area contributed by atoms with Crippen molar-refractivity contribution in [3.63, 3.8) is 0 Å². The number of benzene rings is 1. The van der Waals surface area contributed by atoms with E-state index < -0.39 is 5.41 Å². The molecule has 24 heavy (non-hydrogen) atoms. The van der Waals surface area contributed by atoms with Crippen LogP contribution in [0.4, 0.5) is 0 Å². The van der Waals surface area contributed by atoms with Crippen LogP contribution in [-0.2, 0) is 9.53 Å². The molecule has 1 fully saturated rings. The van der Waals surface area contributed by atoms with Crippen LogP contribution < -0.4 is 10.1 Å². The van der Waals surface area contributed by atoms with Crippen molar-refractivity contribution in [2.24, 2.45) is 5.41 Å². The summed E-state index contributed by atoms with van der Waals surface area (Å²) in [5.41, 5.74) is 0.474. The van der Waals surface area contributed by atoms with E-state index in [4.69, 9.17) is 9.47 Å². The lowest BCUT2D eigenvalue weighted by molar-refractivity contribution is -0.131. The number of ether oxygens (including phenoxy) is 2. The Morgan fingerprint density at radius 1 is 1.21 bits per heavy atom. The second-order valence-electron chi connectivity index (χ2n) is 6.40. The normalized spacial score (nSPS) is 24.0. The minimum Gasteiger partial charge on any atom is -0.457 e. The first-order chi connectivity index (χ1) is 11.8. The summed E-state index contributed by atoms with van der Waals surface area (Å²) in [5, 5.41) is 3.40. The van der Waals surface area contributed by atoms with E-state index in [0.29, 0.717) is 6.54 Å². The molecule has 0 spiro atoms. The second-order valence-corrected chi connectivity index (χ2v) is 6.40. The molecule has 1 atom stereocenters. The molecule has 0 unspecified atom stereocenters. The minimum atomic E-state index is -0.546. The topological polar surface area (TPSA) is 47.6 Å². The Kier molecular flexibility index (Phi) is 5.48. The molecule has 1 N–H and O–H groups in total. The van der Waals surface area contributed by atoms with Gasteiger partial charge in [-0.1, -0.05) is 24.3 Å². The van der Waals surface area contributed by atoms with E-state index in [2.05, 4.69) is 17.5 Å². The molecule has 0 bridgehead atoms. The molecule has 128 valence electrons. The Morgan fingerprint density at radius 2 is 2.00 bits per heavy atom. The summed E-state index contributed by atoms with van der Waals surface area (Å²) in [5.74, 6) is 1.75. The van der Waals surface area contributed by atoms with Crippen molar-refractivity contribution in [3.8, 4) is 5.75 Å². The number of hydrogen-bond acceptors (Lipinski definition) is 4. The van der Waals surface area contributed by atoms with Crippen LogP contribution in [-0.4, -0.2) is 32.6 Å². The highest BCUT2D eigenvalue weighted by Crippen LogP contribution is 2.42. The largest absolute Gasteiger partial charge is 0.457 e. The number of rotatable bonds is 6. The van der Waals surface area contributed by atoms with Gasteiger partial charge in [-0.05, 0) is 50.4 Å². The van der Waals surface area contributed by atoms with Gasteiger partial charge in [0.05, 0.1) is 5.41 Å². The Labute approximate surface area is 143 Å². The van der Waals surface area contributed by atoms with Crippen LogP contribution in [0.15, 0.2) is 53.8 Å². The van der Waals surface area contributed by atoms with Crippen molar-refractivity contribution in [1.29, 1.82) is 0 Å². The van der Waals surface area contributed by atoms with Gasteiger partial charge < -0.3 is 14.8 Å². The van der Waals surface area contributed by atoms with Gasteiger partial charge in [-0.3, -0.25) is 4.79 Å². The molecule has 3 rings (SSSR count). The molecule has 1 aromatic rings. The Bertz CT molecular complexity index is 628. The number of nitrogens with one attached hydrogen (secondary N) is 1. The number of para-hydroxylation sites is 1. The summed E-state index contributed by atoms with van der Waals surface area (Å²) in [7, 11) is 1.58. The lowest BCUT2D eigenvalue weighted by Gasteiger charge is -2.39. The van der Waals surface area contributed by atoms with Gasteiger partial charge in [0.1, 0.15) is 18.1 Å². The molecule has 2 aliphatic rings. The third-order valence-electron chi connectivity index (χ3n) is 4.79. The zero-order valence-corrected chi connectivity index (χ0v) is 14.2. The first-order valence-corrected chi connectivity index (χ1v) is 8.63. The molecule has 4 nitrogen and oxygen atoms in total. The van der Waals surface area contributed by atoms with Gasteiger partial charge in [-0.25, -0.2) is 0 Å². The van der Waals surface area contributed by atoms with Gasteiger partial charge in [0.2, 0.25) is 0 Å². The summed E-state index contributed by atoms with van der Waals surface area (Å²) in [6.45, 7) is 1.74. The average Bonchev–Trinajstić information content (AvgIpc) is 2.64. The standard InChI is InChI=1S/C20H25NO3/c1-23-14-19(22)20(12-7-13-21-15-20)17-10-5-6-11-18(17)24-16-8-3-2-4-9-16/h2-4,8-11,21H,5-7,12-15H2,1H3/t20-/m0/s1. The van der Waals surface area contributed by atoms with E-state index in [1.54, 1.807) is 7.11 Å². The van der Waals surface area contributed by atoms with Gasteiger partial charge in [0, 0.05) is 19.2 Å². The molecule has 1 aliphatic carbocycles.